The highest BCUT2D eigenvalue weighted by atomic mass is 16.1. The summed E-state index contributed by atoms with van der Waals surface area (Å²) in [6, 6.07) is 9.73. The van der Waals surface area contributed by atoms with Crippen molar-refractivity contribution in [3.05, 3.63) is 35.4 Å². The summed E-state index contributed by atoms with van der Waals surface area (Å²) in [4.78, 5) is 11.8. The third-order valence-corrected chi connectivity index (χ3v) is 3.50. The molecule has 108 valence electrons. The van der Waals surface area contributed by atoms with E-state index >= 15 is 0 Å². The van der Waals surface area contributed by atoms with Gasteiger partial charge in [0.25, 0.3) is 0 Å². The molecule has 4 nitrogen and oxygen atoms in total. The van der Waals surface area contributed by atoms with Crippen LogP contribution in [0.25, 0.3) is 0 Å². The van der Waals surface area contributed by atoms with Crippen LogP contribution in [-0.4, -0.2) is 18.5 Å². The molecule has 1 rings (SSSR count). The van der Waals surface area contributed by atoms with Crippen LogP contribution in [0.15, 0.2) is 24.3 Å². The number of nitriles is 1. The van der Waals surface area contributed by atoms with Gasteiger partial charge in [-0.15, -0.1) is 0 Å². The lowest BCUT2D eigenvalue weighted by Gasteiger charge is -2.19. The first-order valence-corrected chi connectivity index (χ1v) is 6.96. The minimum atomic E-state index is 0.00620. The number of carbonyl (C=O) groups excluding carboxylic acids is 1. The maximum Gasteiger partial charge on any atom is 0.234 e. The molecule has 0 fully saturated rings. The molecule has 20 heavy (non-hydrogen) atoms. The second-order valence-electron chi connectivity index (χ2n) is 5.44. The molecule has 0 aliphatic heterocycles. The Morgan fingerprint density at radius 3 is 2.30 bits per heavy atom. The fraction of sp³-hybridized carbons (Fsp3) is 0.500. The summed E-state index contributed by atoms with van der Waals surface area (Å²) < 4.78 is 0. The molecule has 0 spiro atoms. The Morgan fingerprint density at radius 1 is 1.20 bits per heavy atom. The van der Waals surface area contributed by atoms with Gasteiger partial charge in [0.1, 0.15) is 0 Å². The second-order valence-corrected chi connectivity index (χ2v) is 5.44. The van der Waals surface area contributed by atoms with E-state index in [4.69, 9.17) is 5.26 Å². The van der Waals surface area contributed by atoms with Crippen LogP contribution >= 0.6 is 0 Å². The summed E-state index contributed by atoms with van der Waals surface area (Å²) in [5.41, 5.74) is 1.71. The molecular weight excluding hydrogens is 250 g/mol. The lowest BCUT2D eigenvalue weighted by atomic mass is 10.1. The first-order chi connectivity index (χ1) is 9.43. The van der Waals surface area contributed by atoms with Crippen molar-refractivity contribution >= 4 is 5.91 Å². The molecule has 1 amide bonds. The Morgan fingerprint density at radius 2 is 1.80 bits per heavy atom. The zero-order chi connectivity index (χ0) is 15.1. The number of nitrogens with one attached hydrogen (secondary N) is 2. The topological polar surface area (TPSA) is 64.9 Å². The van der Waals surface area contributed by atoms with E-state index in [2.05, 4.69) is 30.6 Å². The van der Waals surface area contributed by atoms with Gasteiger partial charge in [-0.3, -0.25) is 4.79 Å². The molecule has 0 saturated heterocycles. The first kappa shape index (κ1) is 16.2. The van der Waals surface area contributed by atoms with Crippen molar-refractivity contribution in [1.29, 1.82) is 5.26 Å². The molecule has 1 aromatic carbocycles. The fourth-order valence-electron chi connectivity index (χ4n) is 1.68. The number of amides is 1. The number of carbonyl (C=O) groups is 1. The van der Waals surface area contributed by atoms with Crippen LogP contribution in [-0.2, 0) is 4.79 Å². The lowest BCUT2D eigenvalue weighted by Crippen LogP contribution is -2.41. The Bertz CT molecular complexity index is 473. The van der Waals surface area contributed by atoms with Crippen LogP contribution in [0.2, 0.25) is 0 Å². The Hall–Kier alpha value is -1.86. The third kappa shape index (κ3) is 5.02. The summed E-state index contributed by atoms with van der Waals surface area (Å²) in [6.45, 7) is 8.46. The van der Waals surface area contributed by atoms with Crippen molar-refractivity contribution in [2.45, 2.75) is 39.8 Å². The standard InChI is InChI=1S/C16H23N3O/c1-11(2)12(3)19-16(20)10-18-13(4)15-7-5-14(9-17)6-8-15/h5-8,11-13,18H,10H2,1-4H3,(H,19,20). The van der Waals surface area contributed by atoms with Crippen LogP contribution < -0.4 is 10.6 Å². The number of hydrogen-bond donors (Lipinski definition) is 2. The monoisotopic (exact) mass is 273 g/mol. The average molecular weight is 273 g/mol. The van der Waals surface area contributed by atoms with E-state index in [1.807, 2.05) is 26.0 Å². The molecule has 0 aliphatic carbocycles. The largest absolute Gasteiger partial charge is 0.352 e. The maximum atomic E-state index is 11.8. The van der Waals surface area contributed by atoms with E-state index < -0.39 is 0 Å². The number of rotatable bonds is 6. The van der Waals surface area contributed by atoms with Crippen LogP contribution in [0.1, 0.15) is 44.9 Å². The molecule has 0 saturated carbocycles. The van der Waals surface area contributed by atoms with E-state index in [1.54, 1.807) is 12.1 Å². The minimum Gasteiger partial charge on any atom is -0.352 e. The van der Waals surface area contributed by atoms with Gasteiger partial charge in [0.15, 0.2) is 0 Å². The van der Waals surface area contributed by atoms with Crippen molar-refractivity contribution in [3.63, 3.8) is 0 Å². The summed E-state index contributed by atoms with van der Waals surface area (Å²) in [5.74, 6) is 0.432. The van der Waals surface area contributed by atoms with E-state index in [-0.39, 0.29) is 24.5 Å². The Kier molecular flexibility index (Phi) is 6.20. The Balaban J connectivity index is 2.44. The van der Waals surface area contributed by atoms with Crippen molar-refractivity contribution in [2.24, 2.45) is 5.92 Å². The van der Waals surface area contributed by atoms with E-state index in [0.717, 1.165) is 5.56 Å². The maximum absolute atomic E-state index is 11.8. The smallest absolute Gasteiger partial charge is 0.234 e. The lowest BCUT2D eigenvalue weighted by molar-refractivity contribution is -0.121. The molecule has 0 aliphatic rings. The van der Waals surface area contributed by atoms with Crippen molar-refractivity contribution in [3.8, 4) is 6.07 Å². The summed E-state index contributed by atoms with van der Waals surface area (Å²) >= 11 is 0. The van der Waals surface area contributed by atoms with Crippen molar-refractivity contribution in [2.75, 3.05) is 6.54 Å². The second kappa shape index (κ2) is 7.66. The molecule has 2 unspecified atom stereocenters. The first-order valence-electron chi connectivity index (χ1n) is 6.96. The fourth-order valence-corrected chi connectivity index (χ4v) is 1.68. The predicted molar refractivity (Wildman–Crippen MR) is 80.0 cm³/mol. The van der Waals surface area contributed by atoms with E-state index in [0.29, 0.717) is 11.5 Å². The minimum absolute atomic E-state index is 0.00620. The number of benzene rings is 1. The molecule has 0 bridgehead atoms. The summed E-state index contributed by atoms with van der Waals surface area (Å²) in [7, 11) is 0. The van der Waals surface area contributed by atoms with Crippen LogP contribution in [0.3, 0.4) is 0 Å². The normalized spacial score (nSPS) is 13.6. The van der Waals surface area contributed by atoms with Gasteiger partial charge in [-0.05, 0) is 37.5 Å². The van der Waals surface area contributed by atoms with E-state index in [1.165, 1.54) is 0 Å². The molecule has 2 atom stereocenters. The molecule has 4 heteroatoms. The zero-order valence-electron chi connectivity index (χ0n) is 12.6. The average Bonchev–Trinajstić information content (AvgIpc) is 2.44. The molecule has 0 heterocycles. The quantitative estimate of drug-likeness (QED) is 0.836. The number of nitrogens with zero attached hydrogens (tertiary/aromatic N) is 1. The van der Waals surface area contributed by atoms with Gasteiger partial charge in [0.05, 0.1) is 18.2 Å². The molecule has 2 N–H and O–H groups in total. The van der Waals surface area contributed by atoms with Gasteiger partial charge in [0, 0.05) is 12.1 Å². The third-order valence-electron chi connectivity index (χ3n) is 3.50. The zero-order valence-corrected chi connectivity index (χ0v) is 12.6. The van der Waals surface area contributed by atoms with Crippen LogP contribution in [0, 0.1) is 17.2 Å². The van der Waals surface area contributed by atoms with Gasteiger partial charge in [-0.1, -0.05) is 26.0 Å². The molecule has 1 aromatic rings. The molecule has 0 radical (unpaired) electrons. The summed E-state index contributed by atoms with van der Waals surface area (Å²) in [6.07, 6.45) is 0. The van der Waals surface area contributed by atoms with Crippen LogP contribution in [0.5, 0.6) is 0 Å². The van der Waals surface area contributed by atoms with Gasteiger partial charge in [-0.25, -0.2) is 0 Å². The number of hydrogen-bond acceptors (Lipinski definition) is 3. The SMILES string of the molecule is CC(NCC(=O)NC(C)C(C)C)c1ccc(C#N)cc1. The van der Waals surface area contributed by atoms with Gasteiger partial charge >= 0.3 is 0 Å². The molecular formula is C16H23N3O. The predicted octanol–water partition coefficient (Wildman–Crippen LogP) is 2.37. The molecule has 0 aromatic heterocycles. The van der Waals surface area contributed by atoms with Gasteiger partial charge < -0.3 is 10.6 Å². The van der Waals surface area contributed by atoms with Crippen molar-refractivity contribution < 1.29 is 4.79 Å². The van der Waals surface area contributed by atoms with Gasteiger partial charge in [0.2, 0.25) is 5.91 Å². The Labute approximate surface area is 121 Å². The highest BCUT2D eigenvalue weighted by molar-refractivity contribution is 5.78. The van der Waals surface area contributed by atoms with Crippen molar-refractivity contribution in [1.82, 2.24) is 10.6 Å². The highest BCUT2D eigenvalue weighted by Crippen LogP contribution is 2.12. The summed E-state index contributed by atoms with van der Waals surface area (Å²) in [5, 5.41) is 14.9. The van der Waals surface area contributed by atoms with E-state index in [9.17, 15) is 4.79 Å². The highest BCUT2D eigenvalue weighted by Gasteiger charge is 2.12. The van der Waals surface area contributed by atoms with Crippen LogP contribution in [0.4, 0.5) is 0 Å². The van der Waals surface area contributed by atoms with Gasteiger partial charge in [-0.2, -0.15) is 5.26 Å².